The summed E-state index contributed by atoms with van der Waals surface area (Å²) in [5, 5.41) is 11.8. The van der Waals surface area contributed by atoms with Gasteiger partial charge in [-0.2, -0.15) is 10.2 Å². The third-order valence-electron chi connectivity index (χ3n) is 4.71. The lowest BCUT2D eigenvalue weighted by molar-refractivity contribution is -0.123. The lowest BCUT2D eigenvalue weighted by Gasteiger charge is -2.08. The zero-order chi connectivity index (χ0) is 23.8. The highest BCUT2D eigenvalue weighted by atomic mass is 35.5. The first-order valence-electron chi connectivity index (χ1n) is 10.3. The Morgan fingerprint density at radius 1 is 0.971 bits per heavy atom. The molecule has 0 fully saturated rings. The summed E-state index contributed by atoms with van der Waals surface area (Å²) in [5.74, 6) is 0.853. The molecule has 1 aromatic heterocycles. The molecule has 4 aromatic rings. The van der Waals surface area contributed by atoms with Gasteiger partial charge >= 0.3 is 0 Å². The largest absolute Gasteiger partial charge is 0.489 e. The fourth-order valence-electron chi connectivity index (χ4n) is 3.00. The Morgan fingerprint density at radius 3 is 2.44 bits per heavy atom. The highest BCUT2D eigenvalue weighted by Gasteiger charge is 2.09. The van der Waals surface area contributed by atoms with Gasteiger partial charge in [0.15, 0.2) is 6.61 Å². The van der Waals surface area contributed by atoms with Crippen molar-refractivity contribution in [3.05, 3.63) is 100 Å². The molecule has 0 saturated carbocycles. The smallest absolute Gasteiger partial charge is 0.277 e. The SMILES string of the molecule is O=C(COc1ccc(OCc2ccccc2)cc1)NN=Cc1cn[nH]c1-c1ccc(Cl)c(Cl)c1. The number of nitrogens with one attached hydrogen (secondary N) is 2. The van der Waals surface area contributed by atoms with Gasteiger partial charge in [0.25, 0.3) is 5.91 Å². The minimum Gasteiger partial charge on any atom is -0.489 e. The van der Waals surface area contributed by atoms with Crippen LogP contribution < -0.4 is 14.9 Å². The van der Waals surface area contributed by atoms with Gasteiger partial charge in [-0.3, -0.25) is 9.89 Å². The monoisotopic (exact) mass is 494 g/mol. The molecule has 2 N–H and O–H groups in total. The Morgan fingerprint density at radius 2 is 1.71 bits per heavy atom. The van der Waals surface area contributed by atoms with Crippen LogP contribution in [0.1, 0.15) is 11.1 Å². The van der Waals surface area contributed by atoms with Crippen molar-refractivity contribution < 1.29 is 14.3 Å². The number of aromatic nitrogens is 2. The number of benzene rings is 3. The molecule has 0 atom stereocenters. The minimum atomic E-state index is -0.403. The molecule has 3 aromatic carbocycles. The van der Waals surface area contributed by atoms with Crippen molar-refractivity contribution in [1.82, 2.24) is 15.6 Å². The summed E-state index contributed by atoms with van der Waals surface area (Å²) in [5.41, 5.74) is 5.67. The first kappa shape index (κ1) is 23.4. The van der Waals surface area contributed by atoms with Crippen LogP contribution in [-0.4, -0.2) is 28.9 Å². The second kappa shape index (κ2) is 11.4. The number of hydrogen-bond acceptors (Lipinski definition) is 5. The first-order chi connectivity index (χ1) is 16.6. The maximum Gasteiger partial charge on any atom is 0.277 e. The second-order valence-electron chi connectivity index (χ2n) is 7.16. The van der Waals surface area contributed by atoms with E-state index < -0.39 is 5.91 Å². The Bertz CT molecular complexity index is 1280. The van der Waals surface area contributed by atoms with Crippen molar-refractivity contribution in [2.45, 2.75) is 6.61 Å². The number of aromatic amines is 1. The summed E-state index contributed by atoms with van der Waals surface area (Å²) in [6.07, 6.45) is 3.07. The number of nitrogens with zero attached hydrogens (tertiary/aromatic N) is 2. The summed E-state index contributed by atoms with van der Waals surface area (Å²) in [4.78, 5) is 12.1. The molecule has 9 heteroatoms. The minimum absolute atomic E-state index is 0.188. The highest BCUT2D eigenvalue weighted by Crippen LogP contribution is 2.28. The van der Waals surface area contributed by atoms with E-state index in [1.54, 1.807) is 42.6 Å². The van der Waals surface area contributed by atoms with Crippen molar-refractivity contribution in [3.8, 4) is 22.8 Å². The first-order valence-corrected chi connectivity index (χ1v) is 11.0. The molecule has 0 spiro atoms. The van der Waals surface area contributed by atoms with E-state index in [1.165, 1.54) is 6.21 Å². The van der Waals surface area contributed by atoms with Gasteiger partial charge in [-0.1, -0.05) is 59.6 Å². The number of carbonyl (C=O) groups excluding carboxylic acids is 1. The van der Waals surface area contributed by atoms with Gasteiger partial charge in [0.1, 0.15) is 18.1 Å². The standard InChI is InChI=1S/C25H20Cl2N4O3/c26-22-11-6-18(12-23(22)27)25-19(14-29-31-25)13-28-30-24(32)16-34-21-9-7-20(8-10-21)33-15-17-4-2-1-3-5-17/h1-14H,15-16H2,(H,29,31)(H,30,32). The molecule has 0 radical (unpaired) electrons. The third kappa shape index (κ3) is 6.37. The van der Waals surface area contributed by atoms with Crippen LogP contribution in [0.5, 0.6) is 11.5 Å². The molecule has 0 aliphatic carbocycles. The fourth-order valence-corrected chi connectivity index (χ4v) is 3.30. The number of amides is 1. The zero-order valence-corrected chi connectivity index (χ0v) is 19.4. The Balaban J connectivity index is 1.25. The third-order valence-corrected chi connectivity index (χ3v) is 5.45. The van der Waals surface area contributed by atoms with Gasteiger partial charge < -0.3 is 9.47 Å². The van der Waals surface area contributed by atoms with Crippen LogP contribution in [0.3, 0.4) is 0 Å². The van der Waals surface area contributed by atoms with E-state index in [2.05, 4.69) is 20.7 Å². The number of carbonyl (C=O) groups is 1. The van der Waals surface area contributed by atoms with Crippen molar-refractivity contribution in [3.63, 3.8) is 0 Å². The fraction of sp³-hybridized carbons (Fsp3) is 0.0800. The normalized spacial score (nSPS) is 10.9. The second-order valence-corrected chi connectivity index (χ2v) is 7.97. The highest BCUT2D eigenvalue weighted by molar-refractivity contribution is 6.42. The molecule has 1 amide bonds. The molecule has 0 aliphatic rings. The molecule has 0 aliphatic heterocycles. The number of rotatable bonds is 9. The zero-order valence-electron chi connectivity index (χ0n) is 17.9. The molecule has 0 unspecified atom stereocenters. The molecule has 4 rings (SSSR count). The summed E-state index contributed by atoms with van der Waals surface area (Å²) in [6, 6.07) is 22.2. The number of H-pyrrole nitrogens is 1. The van der Waals surface area contributed by atoms with Crippen LogP contribution >= 0.6 is 23.2 Å². The van der Waals surface area contributed by atoms with Crippen molar-refractivity contribution in [1.29, 1.82) is 0 Å². The summed E-state index contributed by atoms with van der Waals surface area (Å²) >= 11 is 12.1. The lowest BCUT2D eigenvalue weighted by Crippen LogP contribution is -2.24. The van der Waals surface area contributed by atoms with Crippen LogP contribution in [0.4, 0.5) is 0 Å². The van der Waals surface area contributed by atoms with E-state index in [4.69, 9.17) is 32.7 Å². The molecule has 7 nitrogen and oxygen atoms in total. The number of hydrogen-bond donors (Lipinski definition) is 2. The predicted octanol–water partition coefficient (Wildman–Crippen LogP) is 5.49. The van der Waals surface area contributed by atoms with E-state index in [0.717, 1.165) is 11.1 Å². The lowest BCUT2D eigenvalue weighted by atomic mass is 10.1. The van der Waals surface area contributed by atoms with Crippen LogP contribution in [-0.2, 0) is 11.4 Å². The van der Waals surface area contributed by atoms with E-state index >= 15 is 0 Å². The summed E-state index contributed by atoms with van der Waals surface area (Å²) in [7, 11) is 0. The Hall–Kier alpha value is -3.81. The van der Waals surface area contributed by atoms with Gasteiger partial charge in [0.05, 0.1) is 28.2 Å². The van der Waals surface area contributed by atoms with Crippen LogP contribution in [0.15, 0.2) is 84.1 Å². The quantitative estimate of drug-likeness (QED) is 0.237. The van der Waals surface area contributed by atoms with E-state index in [9.17, 15) is 4.79 Å². The Labute approximate surface area is 206 Å². The summed E-state index contributed by atoms with van der Waals surface area (Å²) in [6.45, 7) is 0.289. The molecule has 0 bridgehead atoms. The van der Waals surface area contributed by atoms with Crippen molar-refractivity contribution in [2.24, 2.45) is 5.10 Å². The van der Waals surface area contributed by atoms with Crippen LogP contribution in [0.25, 0.3) is 11.3 Å². The maximum absolute atomic E-state index is 12.1. The van der Waals surface area contributed by atoms with Gasteiger partial charge in [0.2, 0.25) is 0 Å². The van der Waals surface area contributed by atoms with Gasteiger partial charge in [-0.25, -0.2) is 5.43 Å². The van der Waals surface area contributed by atoms with Gasteiger partial charge in [0, 0.05) is 11.1 Å². The van der Waals surface area contributed by atoms with Gasteiger partial charge in [-0.05, 0) is 42.0 Å². The summed E-state index contributed by atoms with van der Waals surface area (Å²) < 4.78 is 11.2. The molecule has 172 valence electrons. The molecular weight excluding hydrogens is 475 g/mol. The number of ether oxygens (including phenoxy) is 2. The van der Waals surface area contributed by atoms with Crippen molar-refractivity contribution >= 4 is 35.3 Å². The molecule has 34 heavy (non-hydrogen) atoms. The topological polar surface area (TPSA) is 88.6 Å². The Kier molecular flexibility index (Phi) is 7.80. The van der Waals surface area contributed by atoms with E-state index in [-0.39, 0.29) is 6.61 Å². The van der Waals surface area contributed by atoms with E-state index in [1.807, 2.05) is 36.4 Å². The molecule has 1 heterocycles. The molecule has 0 saturated heterocycles. The van der Waals surface area contributed by atoms with Crippen LogP contribution in [0, 0.1) is 0 Å². The maximum atomic E-state index is 12.1. The molecular formula is C25H20Cl2N4O3. The van der Waals surface area contributed by atoms with Gasteiger partial charge in [-0.15, -0.1) is 0 Å². The van der Waals surface area contributed by atoms with Crippen LogP contribution in [0.2, 0.25) is 10.0 Å². The predicted molar refractivity (Wildman–Crippen MR) is 132 cm³/mol. The van der Waals surface area contributed by atoms with E-state index in [0.29, 0.717) is 39.4 Å². The number of hydrazone groups is 1. The van der Waals surface area contributed by atoms with Crippen molar-refractivity contribution in [2.75, 3.05) is 6.61 Å². The number of halogens is 2. The average Bonchev–Trinajstić information content (AvgIpc) is 3.33. The average molecular weight is 495 g/mol.